The molecule has 0 unspecified atom stereocenters. The molecule has 1 aromatic heterocycles. The van der Waals surface area contributed by atoms with Crippen LogP contribution in [0.25, 0.3) is 5.57 Å². The van der Waals surface area contributed by atoms with Crippen LogP contribution in [0.15, 0.2) is 29.3 Å². The third kappa shape index (κ3) is 4.58. The zero-order chi connectivity index (χ0) is 15.1. The first-order valence-corrected chi connectivity index (χ1v) is 8.44. The van der Waals surface area contributed by atoms with Crippen LogP contribution in [-0.4, -0.2) is 37.0 Å². The van der Waals surface area contributed by atoms with Gasteiger partial charge < -0.3 is 9.47 Å². The largest absolute Gasteiger partial charge is 0.462 e. The van der Waals surface area contributed by atoms with Crippen molar-refractivity contribution in [2.45, 2.75) is 24.7 Å². The van der Waals surface area contributed by atoms with Gasteiger partial charge in [-0.25, -0.2) is 4.79 Å². The highest BCUT2D eigenvalue weighted by Gasteiger charge is 2.19. The lowest BCUT2D eigenvalue weighted by atomic mass is 9.96. The Morgan fingerprint density at radius 1 is 1.48 bits per heavy atom. The van der Waals surface area contributed by atoms with Crippen molar-refractivity contribution in [2.24, 2.45) is 5.92 Å². The van der Waals surface area contributed by atoms with E-state index in [0.717, 1.165) is 31.0 Å². The second-order valence-corrected chi connectivity index (χ2v) is 5.71. The Balaban J connectivity index is 2.25. The maximum absolute atomic E-state index is 12.2. The van der Waals surface area contributed by atoms with Crippen LogP contribution in [0.2, 0.25) is 0 Å². The first-order valence-electron chi connectivity index (χ1n) is 7.21. The monoisotopic (exact) mass is 307 g/mol. The number of carbonyl (C=O) groups is 1. The number of thioether (sulfide) groups is 1. The SMILES string of the molecule is CCOC(=O)/C(=C/C1CCOCC1)c1ccc(SC)cn1. The minimum Gasteiger partial charge on any atom is -0.462 e. The maximum atomic E-state index is 12.2. The van der Waals surface area contributed by atoms with Gasteiger partial charge in [-0.3, -0.25) is 4.98 Å². The molecule has 4 nitrogen and oxygen atoms in total. The highest BCUT2D eigenvalue weighted by molar-refractivity contribution is 7.98. The molecule has 0 aromatic carbocycles. The first-order chi connectivity index (χ1) is 10.2. The standard InChI is InChI=1S/C16H21NO3S/c1-3-20-16(18)14(10-12-6-8-19-9-7-12)15-5-4-13(21-2)11-17-15/h4-5,10-12H,3,6-9H2,1-2H3/b14-10+. The number of rotatable bonds is 5. The van der Waals surface area contributed by atoms with E-state index in [4.69, 9.17) is 9.47 Å². The van der Waals surface area contributed by atoms with E-state index < -0.39 is 0 Å². The smallest absolute Gasteiger partial charge is 0.340 e. The van der Waals surface area contributed by atoms with E-state index in [1.165, 1.54) is 0 Å². The van der Waals surface area contributed by atoms with Gasteiger partial charge in [0.25, 0.3) is 0 Å². The summed E-state index contributed by atoms with van der Waals surface area (Å²) in [5.41, 5.74) is 1.24. The van der Waals surface area contributed by atoms with Crippen molar-refractivity contribution in [3.05, 3.63) is 30.1 Å². The van der Waals surface area contributed by atoms with E-state index >= 15 is 0 Å². The Morgan fingerprint density at radius 3 is 2.81 bits per heavy atom. The molecule has 0 aliphatic carbocycles. The van der Waals surface area contributed by atoms with Crippen LogP contribution in [0.5, 0.6) is 0 Å². The molecular formula is C16H21NO3S. The lowest BCUT2D eigenvalue weighted by molar-refractivity contribution is -0.136. The molecule has 0 saturated carbocycles. The predicted molar refractivity (Wildman–Crippen MR) is 84.2 cm³/mol. The molecule has 0 amide bonds. The van der Waals surface area contributed by atoms with Crippen molar-refractivity contribution in [1.82, 2.24) is 4.98 Å². The highest BCUT2D eigenvalue weighted by atomic mass is 32.2. The van der Waals surface area contributed by atoms with Crippen molar-refractivity contribution in [3.8, 4) is 0 Å². The van der Waals surface area contributed by atoms with Gasteiger partial charge in [0, 0.05) is 24.3 Å². The Hall–Kier alpha value is -1.33. The Kier molecular flexibility index (Phi) is 6.26. The molecule has 0 bridgehead atoms. The molecule has 1 aliphatic heterocycles. The van der Waals surface area contributed by atoms with Gasteiger partial charge >= 0.3 is 5.97 Å². The third-order valence-corrected chi connectivity index (χ3v) is 4.12. The zero-order valence-electron chi connectivity index (χ0n) is 12.5. The minimum atomic E-state index is -0.298. The Labute approximate surface area is 129 Å². The minimum absolute atomic E-state index is 0.298. The molecule has 1 fully saturated rings. The van der Waals surface area contributed by atoms with Crippen molar-refractivity contribution < 1.29 is 14.3 Å². The lowest BCUT2D eigenvalue weighted by Gasteiger charge is -2.20. The fraction of sp³-hybridized carbons (Fsp3) is 0.500. The summed E-state index contributed by atoms with van der Waals surface area (Å²) in [6.45, 7) is 3.67. The molecule has 1 aliphatic rings. The normalized spacial score (nSPS) is 16.8. The average molecular weight is 307 g/mol. The molecule has 2 rings (SSSR count). The van der Waals surface area contributed by atoms with Crippen LogP contribution in [0, 0.1) is 5.92 Å². The second-order valence-electron chi connectivity index (χ2n) is 4.83. The van der Waals surface area contributed by atoms with Crippen molar-refractivity contribution in [1.29, 1.82) is 0 Å². The average Bonchev–Trinajstić information content (AvgIpc) is 2.54. The lowest BCUT2D eigenvalue weighted by Crippen LogP contribution is -2.16. The molecule has 0 N–H and O–H groups in total. The maximum Gasteiger partial charge on any atom is 0.340 e. The van der Waals surface area contributed by atoms with Gasteiger partial charge in [0.05, 0.1) is 17.9 Å². The van der Waals surface area contributed by atoms with E-state index in [0.29, 0.717) is 23.8 Å². The summed E-state index contributed by atoms with van der Waals surface area (Å²) >= 11 is 1.63. The summed E-state index contributed by atoms with van der Waals surface area (Å²) in [4.78, 5) is 17.7. The van der Waals surface area contributed by atoms with Crippen LogP contribution >= 0.6 is 11.8 Å². The number of carbonyl (C=O) groups excluding carboxylic acids is 1. The van der Waals surface area contributed by atoms with E-state index in [1.807, 2.05) is 31.4 Å². The van der Waals surface area contributed by atoms with Gasteiger partial charge in [-0.05, 0) is 44.1 Å². The fourth-order valence-corrected chi connectivity index (χ4v) is 2.61. The third-order valence-electron chi connectivity index (χ3n) is 3.41. The number of esters is 1. The van der Waals surface area contributed by atoms with Crippen molar-refractivity contribution in [3.63, 3.8) is 0 Å². The van der Waals surface area contributed by atoms with Gasteiger partial charge in [0.1, 0.15) is 0 Å². The van der Waals surface area contributed by atoms with Gasteiger partial charge in [0.2, 0.25) is 0 Å². The Bertz CT molecular complexity index is 493. The molecular weight excluding hydrogens is 286 g/mol. The summed E-state index contributed by atoms with van der Waals surface area (Å²) in [5.74, 6) is 0.0496. The van der Waals surface area contributed by atoms with E-state index in [-0.39, 0.29) is 5.97 Å². The second kappa shape index (κ2) is 8.20. The number of ether oxygens (including phenoxy) is 2. The van der Waals surface area contributed by atoms with Gasteiger partial charge in [-0.2, -0.15) is 0 Å². The summed E-state index contributed by atoms with van der Waals surface area (Å²) in [6, 6.07) is 3.86. The number of hydrogen-bond acceptors (Lipinski definition) is 5. The molecule has 1 aromatic rings. The van der Waals surface area contributed by atoms with Crippen LogP contribution in [-0.2, 0) is 14.3 Å². The molecule has 1 saturated heterocycles. The van der Waals surface area contributed by atoms with Gasteiger partial charge in [0.15, 0.2) is 0 Å². The van der Waals surface area contributed by atoms with E-state index in [2.05, 4.69) is 4.98 Å². The quantitative estimate of drug-likeness (QED) is 0.475. The zero-order valence-corrected chi connectivity index (χ0v) is 13.3. The predicted octanol–water partition coefficient (Wildman–Crippen LogP) is 3.18. The topological polar surface area (TPSA) is 48.4 Å². The van der Waals surface area contributed by atoms with Crippen molar-refractivity contribution in [2.75, 3.05) is 26.1 Å². The molecule has 0 atom stereocenters. The number of aromatic nitrogens is 1. The summed E-state index contributed by atoms with van der Waals surface area (Å²) in [7, 11) is 0. The Morgan fingerprint density at radius 2 is 2.24 bits per heavy atom. The number of nitrogens with zero attached hydrogens (tertiary/aromatic N) is 1. The summed E-state index contributed by atoms with van der Waals surface area (Å²) in [5, 5.41) is 0. The molecule has 0 radical (unpaired) electrons. The molecule has 114 valence electrons. The van der Waals surface area contributed by atoms with E-state index in [9.17, 15) is 4.79 Å². The summed E-state index contributed by atoms with van der Waals surface area (Å²) in [6.07, 6.45) is 7.66. The highest BCUT2D eigenvalue weighted by Crippen LogP contribution is 2.24. The van der Waals surface area contributed by atoms with Crippen LogP contribution < -0.4 is 0 Å². The number of pyridine rings is 1. The van der Waals surface area contributed by atoms with Crippen LogP contribution in [0.1, 0.15) is 25.5 Å². The van der Waals surface area contributed by atoms with Crippen LogP contribution in [0.3, 0.4) is 0 Å². The molecule has 0 spiro atoms. The first kappa shape index (κ1) is 16.0. The van der Waals surface area contributed by atoms with Gasteiger partial charge in [-0.1, -0.05) is 6.08 Å². The number of allylic oxidation sites excluding steroid dienone is 1. The van der Waals surface area contributed by atoms with Crippen molar-refractivity contribution >= 4 is 23.3 Å². The molecule has 21 heavy (non-hydrogen) atoms. The van der Waals surface area contributed by atoms with Crippen LogP contribution in [0.4, 0.5) is 0 Å². The van der Waals surface area contributed by atoms with E-state index in [1.54, 1.807) is 18.0 Å². The molecule has 5 heteroatoms. The van der Waals surface area contributed by atoms with Gasteiger partial charge in [-0.15, -0.1) is 11.8 Å². The molecule has 2 heterocycles. The number of hydrogen-bond donors (Lipinski definition) is 0. The summed E-state index contributed by atoms with van der Waals surface area (Å²) < 4.78 is 10.5. The fourth-order valence-electron chi connectivity index (χ4n) is 2.25.